The van der Waals surface area contributed by atoms with Crippen molar-refractivity contribution in [2.45, 2.75) is 10.6 Å². The van der Waals surface area contributed by atoms with Gasteiger partial charge in [0.2, 0.25) is 0 Å². The van der Waals surface area contributed by atoms with E-state index in [1.807, 2.05) is 11.8 Å². The monoisotopic (exact) mass is 180 g/mol. The third-order valence-electron chi connectivity index (χ3n) is 1.59. The highest BCUT2D eigenvalue weighted by atomic mass is 32.2. The summed E-state index contributed by atoms with van der Waals surface area (Å²) in [5.74, 6) is 1.09. The Morgan fingerprint density at radius 1 is 1.27 bits per heavy atom. The van der Waals surface area contributed by atoms with Crippen molar-refractivity contribution in [1.29, 1.82) is 0 Å². The van der Waals surface area contributed by atoms with Crippen molar-refractivity contribution < 1.29 is 0 Å². The molecule has 2 heteroatoms. The van der Waals surface area contributed by atoms with Crippen LogP contribution < -0.4 is 0 Å². The van der Waals surface area contributed by atoms with E-state index in [1.54, 1.807) is 11.8 Å². The second-order valence-electron chi connectivity index (χ2n) is 2.37. The molecule has 0 nitrogen and oxygen atoms in total. The molecule has 1 aromatic rings. The smallest absolute Gasteiger partial charge is 0.0381 e. The molecule has 56 valence electrons. The van der Waals surface area contributed by atoms with Gasteiger partial charge >= 0.3 is 0 Å². The van der Waals surface area contributed by atoms with Crippen molar-refractivity contribution in [1.82, 2.24) is 0 Å². The Bertz CT molecular complexity index is 291. The average molecular weight is 180 g/mol. The summed E-state index contributed by atoms with van der Waals surface area (Å²) in [6.45, 7) is 3.94. The third-order valence-corrected chi connectivity index (χ3v) is 3.81. The Kier molecular flexibility index (Phi) is 1.96. The summed E-state index contributed by atoms with van der Waals surface area (Å²) in [6, 6.07) is 8.51. The fourth-order valence-corrected chi connectivity index (χ4v) is 3.04. The van der Waals surface area contributed by atoms with Crippen LogP contribution in [0.25, 0.3) is 0 Å². The normalized spacial score (nSPS) is 16.2. The summed E-state index contributed by atoms with van der Waals surface area (Å²) in [7, 11) is 0. The predicted molar refractivity (Wildman–Crippen MR) is 52.7 cm³/mol. The summed E-state index contributed by atoms with van der Waals surface area (Å²) in [5, 5.41) is 0. The minimum atomic E-state index is 1.09. The van der Waals surface area contributed by atoms with Crippen molar-refractivity contribution >= 4 is 23.5 Å². The highest BCUT2D eigenvalue weighted by Crippen LogP contribution is 2.42. The van der Waals surface area contributed by atoms with Crippen LogP contribution in [0, 0.1) is 0 Å². The molecule has 0 radical (unpaired) electrons. The second-order valence-corrected chi connectivity index (χ2v) is 4.84. The molecule has 0 bridgehead atoms. The fraction of sp³-hybridized carbons (Fsp3) is 0.111. The highest BCUT2D eigenvalue weighted by molar-refractivity contribution is 8.22. The fourth-order valence-electron chi connectivity index (χ4n) is 1.03. The number of fused-ring (bicyclic) bond motifs is 1. The molecule has 0 aromatic heterocycles. The Labute approximate surface area is 75.1 Å². The molecule has 0 unspecified atom stereocenters. The van der Waals surface area contributed by atoms with Gasteiger partial charge in [0, 0.05) is 14.9 Å². The maximum atomic E-state index is 3.94. The van der Waals surface area contributed by atoms with Gasteiger partial charge in [-0.3, -0.25) is 0 Å². The van der Waals surface area contributed by atoms with Crippen LogP contribution in [0.3, 0.4) is 0 Å². The first kappa shape index (κ1) is 7.32. The van der Waals surface area contributed by atoms with E-state index in [9.17, 15) is 0 Å². The first-order valence-electron chi connectivity index (χ1n) is 3.44. The van der Waals surface area contributed by atoms with E-state index in [2.05, 4.69) is 30.8 Å². The van der Waals surface area contributed by atoms with E-state index < -0.39 is 0 Å². The number of rotatable bonds is 0. The first-order valence-corrected chi connectivity index (χ1v) is 5.24. The van der Waals surface area contributed by atoms with Gasteiger partial charge in [0.1, 0.15) is 0 Å². The third kappa shape index (κ3) is 1.47. The zero-order valence-electron chi connectivity index (χ0n) is 6.04. The molecule has 11 heavy (non-hydrogen) atoms. The summed E-state index contributed by atoms with van der Waals surface area (Å²) < 4.78 is 1.21. The zero-order chi connectivity index (χ0) is 7.68. The molecule has 0 aliphatic carbocycles. The van der Waals surface area contributed by atoms with Gasteiger partial charge in [-0.05, 0) is 11.6 Å². The molecular weight excluding hydrogens is 172 g/mol. The quantitative estimate of drug-likeness (QED) is 0.599. The van der Waals surface area contributed by atoms with E-state index in [-0.39, 0.29) is 0 Å². The summed E-state index contributed by atoms with van der Waals surface area (Å²) in [4.78, 5) is 1.37. The molecule has 1 aromatic carbocycles. The van der Waals surface area contributed by atoms with Gasteiger partial charge in [0.15, 0.2) is 0 Å². The summed E-state index contributed by atoms with van der Waals surface area (Å²) >= 11 is 3.61. The van der Waals surface area contributed by atoms with Crippen LogP contribution in [0.2, 0.25) is 0 Å². The maximum Gasteiger partial charge on any atom is 0.0381 e. The van der Waals surface area contributed by atoms with E-state index in [4.69, 9.17) is 0 Å². The lowest BCUT2D eigenvalue weighted by molar-refractivity contribution is 1.27. The van der Waals surface area contributed by atoms with Gasteiger partial charge in [-0.15, -0.1) is 11.8 Å². The average Bonchev–Trinajstić information content (AvgIpc) is 2.04. The Balaban J connectivity index is 2.41. The van der Waals surface area contributed by atoms with E-state index >= 15 is 0 Å². The van der Waals surface area contributed by atoms with Crippen LogP contribution in [0.15, 0.2) is 40.0 Å². The molecule has 1 heterocycles. The summed E-state index contributed by atoms with van der Waals surface area (Å²) in [5.41, 5.74) is 1.44. The van der Waals surface area contributed by atoms with Crippen molar-refractivity contribution in [3.8, 4) is 0 Å². The van der Waals surface area contributed by atoms with Crippen LogP contribution in [-0.4, -0.2) is 0 Å². The number of thioether (sulfide) groups is 2. The minimum Gasteiger partial charge on any atom is -0.115 e. The minimum absolute atomic E-state index is 1.09. The van der Waals surface area contributed by atoms with Gasteiger partial charge in [0.25, 0.3) is 0 Å². The largest absolute Gasteiger partial charge is 0.115 e. The molecule has 0 N–H and O–H groups in total. The van der Waals surface area contributed by atoms with Crippen LogP contribution in [-0.2, 0) is 5.75 Å². The molecule has 0 atom stereocenters. The molecule has 0 fully saturated rings. The van der Waals surface area contributed by atoms with Gasteiger partial charge in [-0.25, -0.2) is 0 Å². The highest BCUT2D eigenvalue weighted by Gasteiger charge is 2.10. The van der Waals surface area contributed by atoms with Gasteiger partial charge in [-0.2, -0.15) is 0 Å². The Morgan fingerprint density at radius 2 is 2.09 bits per heavy atom. The van der Waals surface area contributed by atoms with Crippen LogP contribution in [0.1, 0.15) is 5.56 Å². The lowest BCUT2D eigenvalue weighted by Gasteiger charge is -2.15. The van der Waals surface area contributed by atoms with Crippen molar-refractivity contribution in [2.75, 3.05) is 0 Å². The molecule has 1 aliphatic heterocycles. The topological polar surface area (TPSA) is 0 Å². The Hall–Kier alpha value is -0.340. The van der Waals surface area contributed by atoms with E-state index in [1.165, 1.54) is 14.7 Å². The van der Waals surface area contributed by atoms with E-state index in [0.717, 1.165) is 5.75 Å². The van der Waals surface area contributed by atoms with Crippen LogP contribution in [0.5, 0.6) is 0 Å². The zero-order valence-corrected chi connectivity index (χ0v) is 7.67. The molecular formula is C9H8S2. The van der Waals surface area contributed by atoms with Crippen molar-refractivity contribution in [3.05, 3.63) is 40.6 Å². The molecule has 0 saturated carbocycles. The molecule has 1 aliphatic rings. The van der Waals surface area contributed by atoms with Crippen molar-refractivity contribution in [3.63, 3.8) is 0 Å². The van der Waals surface area contributed by atoms with Crippen LogP contribution in [0.4, 0.5) is 0 Å². The van der Waals surface area contributed by atoms with Crippen molar-refractivity contribution in [2.24, 2.45) is 0 Å². The molecule has 2 rings (SSSR count). The lowest BCUT2D eigenvalue weighted by Crippen LogP contribution is -1.89. The number of benzene rings is 1. The van der Waals surface area contributed by atoms with E-state index in [0.29, 0.717) is 0 Å². The standard InChI is InChI=1S/C9H8S2/c1-7-10-6-8-4-2-3-5-9(8)11-7/h2-5H,1,6H2. The number of hydrogen-bond donors (Lipinski definition) is 0. The number of hydrogen-bond acceptors (Lipinski definition) is 2. The second kappa shape index (κ2) is 2.95. The maximum absolute atomic E-state index is 3.94. The Morgan fingerprint density at radius 3 is 3.00 bits per heavy atom. The first-order chi connectivity index (χ1) is 5.36. The molecule has 0 amide bonds. The molecule has 0 spiro atoms. The predicted octanol–water partition coefficient (Wildman–Crippen LogP) is 3.50. The SMILES string of the molecule is C=C1SCc2ccccc2S1. The summed E-state index contributed by atoms with van der Waals surface area (Å²) in [6.07, 6.45) is 0. The van der Waals surface area contributed by atoms with Gasteiger partial charge in [0.05, 0.1) is 0 Å². The van der Waals surface area contributed by atoms with Gasteiger partial charge in [-0.1, -0.05) is 36.5 Å². The van der Waals surface area contributed by atoms with Crippen LogP contribution >= 0.6 is 23.5 Å². The molecule has 0 saturated heterocycles. The van der Waals surface area contributed by atoms with Gasteiger partial charge < -0.3 is 0 Å². The lowest BCUT2D eigenvalue weighted by atomic mass is 10.2.